The molecule has 0 spiro atoms. The number of nitrogens with one attached hydrogen (secondary N) is 1. The molecule has 4 heteroatoms. The predicted molar refractivity (Wildman–Crippen MR) is 58.9 cm³/mol. The van der Waals surface area contributed by atoms with Crippen molar-refractivity contribution in [3.8, 4) is 0 Å². The van der Waals surface area contributed by atoms with Gasteiger partial charge in [0.05, 0.1) is 11.3 Å². The molecule has 2 aromatic heterocycles. The van der Waals surface area contributed by atoms with Gasteiger partial charge in [-0.2, -0.15) is 0 Å². The van der Waals surface area contributed by atoms with Crippen LogP contribution in [0.15, 0.2) is 34.3 Å². The second-order valence-electron chi connectivity index (χ2n) is 2.87. The summed E-state index contributed by atoms with van der Waals surface area (Å²) in [5, 5.41) is 5.94. The van der Waals surface area contributed by atoms with Crippen LogP contribution < -0.4 is 5.32 Å². The summed E-state index contributed by atoms with van der Waals surface area (Å²) >= 11 is 7.68. The SMILES string of the molecule is CNC(c1ccco1)c1sccc1Cl. The lowest BCUT2D eigenvalue weighted by Crippen LogP contribution is -2.15. The quantitative estimate of drug-likeness (QED) is 0.871. The average Bonchev–Trinajstić information content (AvgIpc) is 2.80. The van der Waals surface area contributed by atoms with Crippen LogP contribution in [0.3, 0.4) is 0 Å². The normalized spacial score (nSPS) is 13.0. The van der Waals surface area contributed by atoms with Crippen molar-refractivity contribution in [3.63, 3.8) is 0 Å². The molecule has 74 valence electrons. The molecule has 0 aliphatic rings. The molecule has 1 N–H and O–H groups in total. The van der Waals surface area contributed by atoms with Crippen LogP contribution >= 0.6 is 22.9 Å². The Balaban J connectivity index is 2.36. The third kappa shape index (κ3) is 1.71. The highest BCUT2D eigenvalue weighted by Crippen LogP contribution is 2.32. The fourth-order valence-corrected chi connectivity index (χ4v) is 2.65. The summed E-state index contributed by atoms with van der Waals surface area (Å²) in [6.07, 6.45) is 1.67. The zero-order chi connectivity index (χ0) is 9.97. The molecule has 0 amide bonds. The van der Waals surface area contributed by atoms with Gasteiger partial charge in [-0.15, -0.1) is 11.3 Å². The van der Waals surface area contributed by atoms with Crippen molar-refractivity contribution in [2.75, 3.05) is 7.05 Å². The molecular formula is C10H10ClNOS. The lowest BCUT2D eigenvalue weighted by Gasteiger charge is -2.11. The number of rotatable bonds is 3. The van der Waals surface area contributed by atoms with Crippen LogP contribution in [0, 0.1) is 0 Å². The van der Waals surface area contributed by atoms with E-state index >= 15 is 0 Å². The average molecular weight is 228 g/mol. The monoisotopic (exact) mass is 227 g/mol. The van der Waals surface area contributed by atoms with Crippen molar-refractivity contribution < 1.29 is 4.42 Å². The molecule has 0 saturated carbocycles. The summed E-state index contributed by atoms with van der Waals surface area (Å²) < 4.78 is 5.35. The summed E-state index contributed by atoms with van der Waals surface area (Å²) in [6, 6.07) is 5.77. The molecule has 1 unspecified atom stereocenters. The van der Waals surface area contributed by atoms with Gasteiger partial charge in [-0.1, -0.05) is 11.6 Å². The van der Waals surface area contributed by atoms with Crippen LogP contribution in [-0.2, 0) is 0 Å². The zero-order valence-corrected chi connectivity index (χ0v) is 9.23. The molecule has 0 aliphatic heterocycles. The Kier molecular flexibility index (Phi) is 2.91. The highest BCUT2D eigenvalue weighted by molar-refractivity contribution is 7.10. The van der Waals surface area contributed by atoms with Crippen LogP contribution in [0.1, 0.15) is 16.7 Å². The molecule has 0 saturated heterocycles. The minimum absolute atomic E-state index is 0.0532. The number of thiophene rings is 1. The first-order chi connectivity index (χ1) is 6.83. The van der Waals surface area contributed by atoms with E-state index in [0.717, 1.165) is 15.7 Å². The van der Waals surface area contributed by atoms with Gasteiger partial charge < -0.3 is 9.73 Å². The van der Waals surface area contributed by atoms with Gasteiger partial charge in [-0.3, -0.25) is 0 Å². The third-order valence-electron chi connectivity index (χ3n) is 2.02. The summed E-state index contributed by atoms with van der Waals surface area (Å²) in [7, 11) is 1.89. The molecule has 14 heavy (non-hydrogen) atoms. The van der Waals surface area contributed by atoms with E-state index < -0.39 is 0 Å². The molecule has 0 aliphatic carbocycles. The number of hydrogen-bond donors (Lipinski definition) is 1. The van der Waals surface area contributed by atoms with Crippen LogP contribution in [-0.4, -0.2) is 7.05 Å². The van der Waals surface area contributed by atoms with E-state index in [1.54, 1.807) is 17.6 Å². The zero-order valence-electron chi connectivity index (χ0n) is 7.66. The first-order valence-electron chi connectivity index (χ1n) is 4.26. The maximum atomic E-state index is 6.06. The summed E-state index contributed by atoms with van der Waals surface area (Å²) in [5.74, 6) is 0.886. The van der Waals surface area contributed by atoms with Crippen LogP contribution in [0.4, 0.5) is 0 Å². The summed E-state index contributed by atoms with van der Waals surface area (Å²) in [6.45, 7) is 0. The minimum Gasteiger partial charge on any atom is -0.467 e. The second kappa shape index (κ2) is 4.17. The van der Waals surface area contributed by atoms with Crippen molar-refractivity contribution in [1.82, 2.24) is 5.32 Å². The van der Waals surface area contributed by atoms with E-state index in [1.165, 1.54) is 0 Å². The number of furan rings is 1. The van der Waals surface area contributed by atoms with Gasteiger partial charge in [-0.05, 0) is 30.6 Å². The summed E-state index contributed by atoms with van der Waals surface area (Å²) in [5.41, 5.74) is 0. The second-order valence-corrected chi connectivity index (χ2v) is 4.22. The third-order valence-corrected chi connectivity index (χ3v) is 3.45. The van der Waals surface area contributed by atoms with Gasteiger partial charge in [0.25, 0.3) is 0 Å². The highest BCUT2D eigenvalue weighted by atomic mass is 35.5. The first kappa shape index (κ1) is 9.77. The fraction of sp³-hybridized carbons (Fsp3) is 0.200. The van der Waals surface area contributed by atoms with Crippen molar-refractivity contribution in [1.29, 1.82) is 0 Å². The molecular weight excluding hydrogens is 218 g/mol. The molecule has 0 bridgehead atoms. The van der Waals surface area contributed by atoms with E-state index in [1.807, 2.05) is 30.6 Å². The van der Waals surface area contributed by atoms with E-state index in [2.05, 4.69) is 5.32 Å². The standard InChI is InChI=1S/C10H10ClNOS/c1-12-9(8-3-2-5-13-8)10-7(11)4-6-14-10/h2-6,9,12H,1H3. The van der Waals surface area contributed by atoms with Crippen LogP contribution in [0.25, 0.3) is 0 Å². The van der Waals surface area contributed by atoms with Gasteiger partial charge in [0.2, 0.25) is 0 Å². The van der Waals surface area contributed by atoms with Gasteiger partial charge in [-0.25, -0.2) is 0 Å². The lowest BCUT2D eigenvalue weighted by molar-refractivity contribution is 0.466. The maximum Gasteiger partial charge on any atom is 0.126 e. The lowest BCUT2D eigenvalue weighted by atomic mass is 10.2. The fourth-order valence-electron chi connectivity index (χ4n) is 1.37. The van der Waals surface area contributed by atoms with Crippen molar-refractivity contribution in [2.24, 2.45) is 0 Å². The van der Waals surface area contributed by atoms with E-state index in [9.17, 15) is 0 Å². The molecule has 2 heterocycles. The van der Waals surface area contributed by atoms with E-state index in [-0.39, 0.29) is 6.04 Å². The van der Waals surface area contributed by atoms with Crippen LogP contribution in [0.5, 0.6) is 0 Å². The van der Waals surface area contributed by atoms with E-state index in [0.29, 0.717) is 0 Å². The molecule has 2 aromatic rings. The topological polar surface area (TPSA) is 25.2 Å². The Morgan fingerprint density at radius 1 is 1.50 bits per heavy atom. The smallest absolute Gasteiger partial charge is 0.126 e. The molecule has 2 nitrogen and oxygen atoms in total. The highest BCUT2D eigenvalue weighted by Gasteiger charge is 2.18. The Morgan fingerprint density at radius 3 is 2.86 bits per heavy atom. The molecule has 0 fully saturated rings. The van der Waals surface area contributed by atoms with Crippen molar-refractivity contribution in [2.45, 2.75) is 6.04 Å². The molecule has 2 rings (SSSR count). The van der Waals surface area contributed by atoms with Gasteiger partial charge in [0.15, 0.2) is 0 Å². The predicted octanol–water partition coefficient (Wildman–Crippen LogP) is 3.30. The van der Waals surface area contributed by atoms with Crippen molar-refractivity contribution in [3.05, 3.63) is 45.5 Å². The Hall–Kier alpha value is -0.770. The molecule has 1 atom stereocenters. The van der Waals surface area contributed by atoms with Crippen molar-refractivity contribution >= 4 is 22.9 Å². The molecule has 0 radical (unpaired) electrons. The first-order valence-corrected chi connectivity index (χ1v) is 5.52. The van der Waals surface area contributed by atoms with Gasteiger partial charge in [0.1, 0.15) is 11.8 Å². The Labute approximate surface area is 91.5 Å². The van der Waals surface area contributed by atoms with Gasteiger partial charge >= 0.3 is 0 Å². The van der Waals surface area contributed by atoms with Crippen LogP contribution in [0.2, 0.25) is 5.02 Å². The summed E-state index contributed by atoms with van der Waals surface area (Å²) in [4.78, 5) is 1.09. The number of hydrogen-bond acceptors (Lipinski definition) is 3. The number of halogens is 1. The minimum atomic E-state index is 0.0532. The largest absolute Gasteiger partial charge is 0.467 e. The van der Waals surface area contributed by atoms with E-state index in [4.69, 9.17) is 16.0 Å². The van der Waals surface area contributed by atoms with Gasteiger partial charge in [0, 0.05) is 4.88 Å². The maximum absolute atomic E-state index is 6.06. The Bertz CT molecular complexity index is 396. The Morgan fingerprint density at radius 2 is 2.36 bits per heavy atom. The molecule has 0 aromatic carbocycles.